The predicted octanol–water partition coefficient (Wildman–Crippen LogP) is -0.157. The molecule has 0 aromatic rings. The number of amides is 3. The lowest BCUT2D eigenvalue weighted by atomic mass is 10.3. The lowest BCUT2D eigenvalue weighted by Gasteiger charge is -2.36. The van der Waals surface area contributed by atoms with Crippen LogP contribution in [0.2, 0.25) is 0 Å². The van der Waals surface area contributed by atoms with E-state index in [1.165, 1.54) is 17.9 Å². The van der Waals surface area contributed by atoms with Crippen LogP contribution in [-0.4, -0.2) is 77.0 Å². The molecule has 19 heavy (non-hydrogen) atoms. The molecule has 0 saturated carbocycles. The smallest absolute Gasteiger partial charge is 0.323 e. The largest absolute Gasteiger partial charge is 0.480 e. The zero-order chi connectivity index (χ0) is 14.4. The summed E-state index contributed by atoms with van der Waals surface area (Å²) in [6.45, 7) is 6.66. The monoisotopic (exact) mass is 269 g/mol. The Bertz CT molecular complexity index is 375. The second-order valence-corrected chi connectivity index (χ2v) is 4.34. The van der Waals surface area contributed by atoms with Crippen molar-refractivity contribution in [2.24, 2.45) is 0 Å². The van der Waals surface area contributed by atoms with Crippen LogP contribution in [0.5, 0.6) is 0 Å². The van der Waals surface area contributed by atoms with E-state index in [1.807, 2.05) is 0 Å². The number of urea groups is 1. The molecule has 0 aromatic heterocycles. The molecule has 7 heteroatoms. The van der Waals surface area contributed by atoms with E-state index in [2.05, 4.69) is 6.58 Å². The molecule has 1 saturated heterocycles. The molecule has 7 nitrogen and oxygen atoms in total. The standard InChI is InChI=1S/C12H19N3O4/c1-3-4-15(9-11(17)18)12(19)14-7-5-13(6-8-14)10(2)16/h3H,1,4-9H2,2H3,(H,17,18). The molecule has 0 bridgehead atoms. The highest BCUT2D eigenvalue weighted by atomic mass is 16.4. The van der Waals surface area contributed by atoms with Crippen LogP contribution >= 0.6 is 0 Å². The Morgan fingerprint density at radius 2 is 1.74 bits per heavy atom. The average Bonchev–Trinajstić information content (AvgIpc) is 2.37. The minimum Gasteiger partial charge on any atom is -0.480 e. The fourth-order valence-corrected chi connectivity index (χ4v) is 1.94. The third kappa shape index (κ3) is 4.27. The second-order valence-electron chi connectivity index (χ2n) is 4.34. The van der Waals surface area contributed by atoms with Crippen LogP contribution in [0.3, 0.4) is 0 Å². The molecular formula is C12H19N3O4. The first-order valence-corrected chi connectivity index (χ1v) is 6.07. The Morgan fingerprint density at radius 1 is 1.21 bits per heavy atom. The van der Waals surface area contributed by atoms with E-state index in [0.717, 1.165) is 0 Å². The van der Waals surface area contributed by atoms with Gasteiger partial charge in [0.1, 0.15) is 6.54 Å². The van der Waals surface area contributed by atoms with Crippen LogP contribution in [0, 0.1) is 0 Å². The highest BCUT2D eigenvalue weighted by Gasteiger charge is 2.26. The number of carboxylic acids is 1. The van der Waals surface area contributed by atoms with Gasteiger partial charge in [0.2, 0.25) is 5.91 Å². The number of carbonyl (C=O) groups excluding carboxylic acids is 2. The lowest BCUT2D eigenvalue weighted by Crippen LogP contribution is -2.54. The van der Waals surface area contributed by atoms with E-state index < -0.39 is 5.97 Å². The van der Waals surface area contributed by atoms with Gasteiger partial charge in [-0.3, -0.25) is 9.59 Å². The van der Waals surface area contributed by atoms with Gasteiger partial charge in [-0.25, -0.2) is 4.79 Å². The van der Waals surface area contributed by atoms with Crippen LogP contribution in [0.1, 0.15) is 6.92 Å². The second kappa shape index (κ2) is 6.77. The minimum atomic E-state index is -1.06. The molecule has 1 aliphatic rings. The van der Waals surface area contributed by atoms with Gasteiger partial charge < -0.3 is 19.8 Å². The first-order chi connectivity index (χ1) is 8.95. The Balaban J connectivity index is 2.58. The fourth-order valence-electron chi connectivity index (χ4n) is 1.94. The topological polar surface area (TPSA) is 81.2 Å². The van der Waals surface area contributed by atoms with Crippen LogP contribution in [0.4, 0.5) is 4.79 Å². The molecular weight excluding hydrogens is 250 g/mol. The minimum absolute atomic E-state index is 0.0133. The van der Waals surface area contributed by atoms with E-state index in [9.17, 15) is 14.4 Å². The van der Waals surface area contributed by atoms with Crippen molar-refractivity contribution in [1.29, 1.82) is 0 Å². The molecule has 0 unspecified atom stereocenters. The molecule has 0 aliphatic carbocycles. The molecule has 106 valence electrons. The lowest BCUT2D eigenvalue weighted by molar-refractivity contribution is -0.137. The number of hydrogen-bond donors (Lipinski definition) is 1. The average molecular weight is 269 g/mol. The third-order valence-electron chi connectivity index (χ3n) is 2.94. The maximum absolute atomic E-state index is 12.1. The summed E-state index contributed by atoms with van der Waals surface area (Å²) >= 11 is 0. The van der Waals surface area contributed by atoms with Crippen LogP contribution in [0.15, 0.2) is 12.7 Å². The number of piperazine rings is 1. The Morgan fingerprint density at radius 3 is 2.16 bits per heavy atom. The van der Waals surface area contributed by atoms with E-state index in [1.54, 1.807) is 9.80 Å². The molecule has 0 atom stereocenters. The first-order valence-electron chi connectivity index (χ1n) is 6.07. The summed E-state index contributed by atoms with van der Waals surface area (Å²) in [5, 5.41) is 8.77. The summed E-state index contributed by atoms with van der Waals surface area (Å²) in [6, 6.07) is -0.328. The molecule has 0 spiro atoms. The molecule has 0 radical (unpaired) electrons. The quantitative estimate of drug-likeness (QED) is 0.719. The van der Waals surface area contributed by atoms with Gasteiger partial charge in [0, 0.05) is 39.6 Å². The third-order valence-corrected chi connectivity index (χ3v) is 2.94. The van der Waals surface area contributed by atoms with Crippen molar-refractivity contribution in [3.8, 4) is 0 Å². The molecule has 1 N–H and O–H groups in total. The number of hydrogen-bond acceptors (Lipinski definition) is 3. The summed E-state index contributed by atoms with van der Waals surface area (Å²) in [6.07, 6.45) is 1.49. The van der Waals surface area contributed by atoms with Crippen molar-refractivity contribution in [2.75, 3.05) is 39.3 Å². The SMILES string of the molecule is C=CCN(CC(=O)O)C(=O)N1CCN(C(C)=O)CC1. The van der Waals surface area contributed by atoms with Crippen molar-refractivity contribution in [1.82, 2.24) is 14.7 Å². The Kier molecular flexibility index (Phi) is 5.35. The normalized spacial score (nSPS) is 15.0. The van der Waals surface area contributed by atoms with Gasteiger partial charge in [-0.1, -0.05) is 6.08 Å². The molecule has 1 aliphatic heterocycles. The van der Waals surface area contributed by atoms with E-state index in [-0.39, 0.29) is 25.0 Å². The zero-order valence-electron chi connectivity index (χ0n) is 11.0. The molecule has 3 amide bonds. The summed E-state index contributed by atoms with van der Waals surface area (Å²) in [7, 11) is 0. The van der Waals surface area contributed by atoms with Gasteiger partial charge in [0.15, 0.2) is 0 Å². The van der Waals surface area contributed by atoms with Crippen molar-refractivity contribution < 1.29 is 19.5 Å². The summed E-state index contributed by atoms with van der Waals surface area (Å²) in [5.74, 6) is -1.07. The summed E-state index contributed by atoms with van der Waals surface area (Å²) < 4.78 is 0. The van der Waals surface area contributed by atoms with E-state index in [0.29, 0.717) is 26.2 Å². The van der Waals surface area contributed by atoms with Crippen molar-refractivity contribution in [3.63, 3.8) is 0 Å². The summed E-state index contributed by atoms with van der Waals surface area (Å²) in [5.41, 5.74) is 0. The zero-order valence-corrected chi connectivity index (χ0v) is 11.0. The van der Waals surface area contributed by atoms with Crippen LogP contribution < -0.4 is 0 Å². The van der Waals surface area contributed by atoms with Gasteiger partial charge in [0.25, 0.3) is 0 Å². The van der Waals surface area contributed by atoms with E-state index >= 15 is 0 Å². The van der Waals surface area contributed by atoms with Gasteiger partial charge in [-0.15, -0.1) is 6.58 Å². The maximum atomic E-state index is 12.1. The number of nitrogens with zero attached hydrogens (tertiary/aromatic N) is 3. The fraction of sp³-hybridized carbons (Fsp3) is 0.583. The number of carboxylic acid groups (broad SMARTS) is 1. The van der Waals surface area contributed by atoms with Gasteiger partial charge in [0.05, 0.1) is 0 Å². The summed E-state index contributed by atoms with van der Waals surface area (Å²) in [4.78, 5) is 38.5. The number of aliphatic carboxylic acids is 1. The van der Waals surface area contributed by atoms with Crippen molar-refractivity contribution in [3.05, 3.63) is 12.7 Å². The number of carbonyl (C=O) groups is 3. The molecule has 1 heterocycles. The molecule has 0 aromatic carbocycles. The molecule has 1 fully saturated rings. The van der Waals surface area contributed by atoms with Crippen LogP contribution in [0.25, 0.3) is 0 Å². The van der Waals surface area contributed by atoms with Gasteiger partial charge in [-0.2, -0.15) is 0 Å². The van der Waals surface area contributed by atoms with Gasteiger partial charge >= 0.3 is 12.0 Å². The molecule has 1 rings (SSSR count). The highest BCUT2D eigenvalue weighted by molar-refractivity contribution is 5.80. The van der Waals surface area contributed by atoms with Gasteiger partial charge in [-0.05, 0) is 0 Å². The first kappa shape index (κ1) is 15.0. The highest BCUT2D eigenvalue weighted by Crippen LogP contribution is 2.06. The van der Waals surface area contributed by atoms with Crippen LogP contribution in [-0.2, 0) is 9.59 Å². The number of rotatable bonds is 4. The Labute approximate surface area is 112 Å². The predicted molar refractivity (Wildman–Crippen MR) is 68.6 cm³/mol. The van der Waals surface area contributed by atoms with Crippen molar-refractivity contribution in [2.45, 2.75) is 6.92 Å². The van der Waals surface area contributed by atoms with Crippen molar-refractivity contribution >= 4 is 17.9 Å². The Hall–Kier alpha value is -2.05. The van der Waals surface area contributed by atoms with E-state index in [4.69, 9.17) is 5.11 Å². The maximum Gasteiger partial charge on any atom is 0.323 e.